The molecule has 0 saturated heterocycles. The smallest absolute Gasteiger partial charge is 0.313 e. The van der Waals surface area contributed by atoms with Gasteiger partial charge in [-0.05, 0) is 31.0 Å². The lowest BCUT2D eigenvalue weighted by Crippen LogP contribution is -2.28. The third kappa shape index (κ3) is 5.30. The second-order valence-electron chi connectivity index (χ2n) is 4.18. The predicted molar refractivity (Wildman–Crippen MR) is 72.7 cm³/mol. The molecule has 0 fully saturated rings. The molecule has 0 aliphatic carbocycles. The highest BCUT2D eigenvalue weighted by Crippen LogP contribution is 2.16. The molecule has 1 unspecified atom stereocenters. The van der Waals surface area contributed by atoms with Crippen molar-refractivity contribution in [2.24, 2.45) is 0 Å². The van der Waals surface area contributed by atoms with E-state index in [0.717, 1.165) is 11.8 Å². The lowest BCUT2D eigenvalue weighted by atomic mass is 10.1. The van der Waals surface area contributed by atoms with Crippen LogP contribution in [0, 0.1) is 12.7 Å². The Morgan fingerprint density at radius 2 is 2.11 bits per heavy atom. The predicted octanol–water partition coefficient (Wildman–Crippen LogP) is 2.13. The van der Waals surface area contributed by atoms with E-state index < -0.39 is 5.97 Å². The van der Waals surface area contributed by atoms with Gasteiger partial charge < -0.3 is 10.4 Å². The maximum atomic E-state index is 13.4. The zero-order valence-electron chi connectivity index (χ0n) is 10.8. The van der Waals surface area contributed by atoms with Crippen LogP contribution in [-0.2, 0) is 9.59 Å². The molecule has 1 rings (SSSR count). The normalized spacial score (nSPS) is 11.9. The Labute approximate surface area is 115 Å². The molecule has 1 amide bonds. The number of carboxylic acid groups (broad SMARTS) is 1. The number of hydrogen-bond acceptors (Lipinski definition) is 3. The summed E-state index contributed by atoms with van der Waals surface area (Å²) in [5.41, 5.74) is 1.24. The fourth-order valence-corrected chi connectivity index (χ4v) is 2.02. The number of hydrogen-bond donors (Lipinski definition) is 2. The Kier molecular flexibility index (Phi) is 5.82. The lowest BCUT2D eigenvalue weighted by molar-refractivity contribution is -0.133. The zero-order valence-corrected chi connectivity index (χ0v) is 11.6. The summed E-state index contributed by atoms with van der Waals surface area (Å²) in [6, 6.07) is 4.50. The highest BCUT2D eigenvalue weighted by molar-refractivity contribution is 8.00. The number of benzene rings is 1. The van der Waals surface area contributed by atoms with Crippen molar-refractivity contribution < 1.29 is 19.1 Å². The Hall–Kier alpha value is -1.56. The summed E-state index contributed by atoms with van der Waals surface area (Å²) in [5, 5.41) is 11.1. The average Bonchev–Trinajstić information content (AvgIpc) is 2.32. The first-order valence-corrected chi connectivity index (χ1v) is 6.90. The Balaban J connectivity index is 2.49. The van der Waals surface area contributed by atoms with Crippen LogP contribution in [0.1, 0.15) is 24.1 Å². The topological polar surface area (TPSA) is 66.4 Å². The minimum Gasteiger partial charge on any atom is -0.481 e. The molecule has 0 bridgehead atoms. The molecule has 6 heteroatoms. The molecule has 1 aromatic carbocycles. The quantitative estimate of drug-likeness (QED) is 0.840. The highest BCUT2D eigenvalue weighted by Gasteiger charge is 2.11. The van der Waals surface area contributed by atoms with E-state index in [0.29, 0.717) is 11.1 Å². The van der Waals surface area contributed by atoms with Gasteiger partial charge in [-0.2, -0.15) is 0 Å². The zero-order chi connectivity index (χ0) is 14.4. The largest absolute Gasteiger partial charge is 0.481 e. The van der Waals surface area contributed by atoms with Gasteiger partial charge in [-0.15, -0.1) is 11.8 Å². The second kappa shape index (κ2) is 7.13. The molecule has 0 aliphatic rings. The van der Waals surface area contributed by atoms with Gasteiger partial charge in [0.1, 0.15) is 5.82 Å². The van der Waals surface area contributed by atoms with Gasteiger partial charge in [0.25, 0.3) is 0 Å². The number of thioether (sulfide) groups is 1. The van der Waals surface area contributed by atoms with Crippen LogP contribution < -0.4 is 5.32 Å². The highest BCUT2D eigenvalue weighted by atomic mass is 32.2. The molecular weight excluding hydrogens is 269 g/mol. The number of aliphatic carboxylic acids is 1. The summed E-state index contributed by atoms with van der Waals surface area (Å²) in [4.78, 5) is 21.8. The van der Waals surface area contributed by atoms with Crippen molar-refractivity contribution in [3.05, 3.63) is 35.1 Å². The van der Waals surface area contributed by atoms with E-state index >= 15 is 0 Å². The molecule has 0 spiro atoms. The Morgan fingerprint density at radius 1 is 1.42 bits per heavy atom. The third-order valence-corrected chi connectivity index (χ3v) is 3.45. The summed E-state index contributed by atoms with van der Waals surface area (Å²) in [6.07, 6.45) is 0. The summed E-state index contributed by atoms with van der Waals surface area (Å²) < 4.78 is 13.4. The van der Waals surface area contributed by atoms with E-state index in [-0.39, 0.29) is 29.3 Å². The van der Waals surface area contributed by atoms with E-state index in [4.69, 9.17) is 5.11 Å². The average molecular weight is 285 g/mol. The van der Waals surface area contributed by atoms with Crippen molar-refractivity contribution in [2.45, 2.75) is 19.9 Å². The molecule has 0 heterocycles. The maximum absolute atomic E-state index is 13.4. The summed E-state index contributed by atoms with van der Waals surface area (Å²) in [7, 11) is 0. The summed E-state index contributed by atoms with van der Waals surface area (Å²) in [6.45, 7) is 3.43. The first-order chi connectivity index (χ1) is 8.90. The van der Waals surface area contributed by atoms with Gasteiger partial charge >= 0.3 is 5.97 Å². The standard InChI is InChI=1S/C13H16FNO3S/c1-8-3-4-10(5-11(8)14)9(2)15-12(16)6-19-7-13(17)18/h3-5,9H,6-7H2,1-2H3,(H,15,16)(H,17,18). The number of carbonyl (C=O) groups excluding carboxylic acids is 1. The van der Waals surface area contributed by atoms with Gasteiger partial charge in [-0.3, -0.25) is 9.59 Å². The van der Waals surface area contributed by atoms with Gasteiger partial charge in [0.15, 0.2) is 0 Å². The number of nitrogens with one attached hydrogen (secondary N) is 1. The van der Waals surface area contributed by atoms with Crippen molar-refractivity contribution >= 4 is 23.6 Å². The first-order valence-electron chi connectivity index (χ1n) is 5.75. The number of amides is 1. The van der Waals surface area contributed by atoms with Crippen LogP contribution in [-0.4, -0.2) is 28.5 Å². The number of carboxylic acids is 1. The molecule has 104 valence electrons. The summed E-state index contributed by atoms with van der Waals surface area (Å²) in [5.74, 6) is -1.56. The van der Waals surface area contributed by atoms with E-state index in [2.05, 4.69) is 5.32 Å². The van der Waals surface area contributed by atoms with Gasteiger partial charge in [-0.25, -0.2) is 4.39 Å². The van der Waals surface area contributed by atoms with Crippen LogP contribution in [0.2, 0.25) is 0 Å². The van der Waals surface area contributed by atoms with Crippen LogP contribution in [0.5, 0.6) is 0 Å². The third-order valence-electron chi connectivity index (χ3n) is 2.53. The van der Waals surface area contributed by atoms with Crippen molar-refractivity contribution in [1.29, 1.82) is 0 Å². The van der Waals surface area contributed by atoms with E-state index in [1.807, 2.05) is 0 Å². The molecule has 1 atom stereocenters. The number of rotatable bonds is 6. The monoisotopic (exact) mass is 285 g/mol. The molecule has 1 aromatic rings. The molecule has 4 nitrogen and oxygen atoms in total. The summed E-state index contributed by atoms with van der Waals surface area (Å²) >= 11 is 1.03. The Bertz CT molecular complexity index is 479. The number of aryl methyl sites for hydroxylation is 1. The SMILES string of the molecule is Cc1ccc(C(C)NC(=O)CSCC(=O)O)cc1F. The first kappa shape index (κ1) is 15.5. The van der Waals surface area contributed by atoms with Crippen molar-refractivity contribution in [2.75, 3.05) is 11.5 Å². The van der Waals surface area contributed by atoms with E-state index in [1.165, 1.54) is 6.07 Å². The van der Waals surface area contributed by atoms with Crippen LogP contribution >= 0.6 is 11.8 Å². The second-order valence-corrected chi connectivity index (χ2v) is 5.17. The van der Waals surface area contributed by atoms with Crippen LogP contribution in [0.3, 0.4) is 0 Å². The minimum atomic E-state index is -0.952. The molecule has 0 aliphatic heterocycles. The number of halogens is 1. The van der Waals surface area contributed by atoms with Gasteiger partial charge in [0, 0.05) is 0 Å². The van der Waals surface area contributed by atoms with Gasteiger partial charge in [-0.1, -0.05) is 12.1 Å². The molecule has 0 aromatic heterocycles. The van der Waals surface area contributed by atoms with Gasteiger partial charge in [0.2, 0.25) is 5.91 Å². The molecular formula is C13H16FNO3S. The van der Waals surface area contributed by atoms with Crippen molar-refractivity contribution in [1.82, 2.24) is 5.32 Å². The molecule has 0 radical (unpaired) electrons. The van der Waals surface area contributed by atoms with Crippen molar-refractivity contribution in [3.8, 4) is 0 Å². The lowest BCUT2D eigenvalue weighted by Gasteiger charge is -2.14. The maximum Gasteiger partial charge on any atom is 0.313 e. The molecule has 19 heavy (non-hydrogen) atoms. The number of carbonyl (C=O) groups is 2. The fourth-order valence-electron chi connectivity index (χ4n) is 1.48. The minimum absolute atomic E-state index is 0.0744. The van der Waals surface area contributed by atoms with Gasteiger partial charge in [0.05, 0.1) is 17.5 Å². The van der Waals surface area contributed by atoms with Crippen LogP contribution in [0.15, 0.2) is 18.2 Å². The van der Waals surface area contributed by atoms with Crippen LogP contribution in [0.4, 0.5) is 4.39 Å². The fraction of sp³-hybridized carbons (Fsp3) is 0.385. The Morgan fingerprint density at radius 3 is 2.68 bits per heavy atom. The van der Waals surface area contributed by atoms with Crippen LogP contribution in [0.25, 0.3) is 0 Å². The molecule has 0 saturated carbocycles. The van der Waals surface area contributed by atoms with Crippen molar-refractivity contribution in [3.63, 3.8) is 0 Å². The van der Waals surface area contributed by atoms with E-state index in [1.54, 1.807) is 26.0 Å². The van der Waals surface area contributed by atoms with E-state index in [9.17, 15) is 14.0 Å². The molecule has 2 N–H and O–H groups in total.